The minimum atomic E-state index is -0.180. The van der Waals surface area contributed by atoms with Crippen molar-refractivity contribution in [3.8, 4) is 0 Å². The zero-order valence-corrected chi connectivity index (χ0v) is 15.1. The largest absolute Gasteiger partial charge is 0.364 e. The Balaban J connectivity index is 1.82. The lowest BCUT2D eigenvalue weighted by atomic mass is 10.0. The second-order valence-corrected chi connectivity index (χ2v) is 6.38. The lowest BCUT2D eigenvalue weighted by Gasteiger charge is -2.18. The van der Waals surface area contributed by atoms with Gasteiger partial charge in [-0.3, -0.25) is 9.59 Å². The summed E-state index contributed by atoms with van der Waals surface area (Å²) in [7, 11) is 0. The summed E-state index contributed by atoms with van der Waals surface area (Å²) in [6.45, 7) is 9.37. The molecule has 8 heteroatoms. The van der Waals surface area contributed by atoms with E-state index in [0.717, 1.165) is 6.42 Å². The predicted octanol–water partition coefficient (Wildman–Crippen LogP) is 1.54. The minimum Gasteiger partial charge on any atom is -0.364 e. The van der Waals surface area contributed by atoms with Gasteiger partial charge in [0.2, 0.25) is 5.91 Å². The first kappa shape index (κ1) is 17.9. The van der Waals surface area contributed by atoms with Crippen LogP contribution in [0.5, 0.6) is 0 Å². The summed E-state index contributed by atoms with van der Waals surface area (Å²) < 4.78 is 0. The summed E-state index contributed by atoms with van der Waals surface area (Å²) in [5, 5.41) is 6.16. The van der Waals surface area contributed by atoms with Gasteiger partial charge in [0, 0.05) is 31.9 Å². The lowest BCUT2D eigenvalue weighted by molar-refractivity contribution is -0.125. The highest BCUT2D eigenvalue weighted by atomic mass is 16.2. The zero-order valence-electron chi connectivity index (χ0n) is 15.1. The van der Waals surface area contributed by atoms with E-state index in [9.17, 15) is 9.59 Å². The molecule has 0 spiro atoms. The number of aromatic nitrogens is 3. The molecule has 0 saturated carbocycles. The average Bonchev–Trinajstić information content (AvgIpc) is 3.25. The van der Waals surface area contributed by atoms with E-state index >= 15 is 0 Å². The predicted molar refractivity (Wildman–Crippen MR) is 99.9 cm³/mol. The van der Waals surface area contributed by atoms with E-state index in [1.165, 1.54) is 6.08 Å². The highest BCUT2D eigenvalue weighted by Crippen LogP contribution is 2.24. The van der Waals surface area contributed by atoms with Crippen molar-refractivity contribution in [1.29, 1.82) is 0 Å². The molecule has 1 saturated heterocycles. The Morgan fingerprint density at radius 2 is 2.23 bits per heavy atom. The number of hydrogen-bond donors (Lipinski definition) is 3. The Labute approximate surface area is 152 Å². The number of likely N-dealkylation sites (tertiary alicyclic amines) is 1. The van der Waals surface area contributed by atoms with Gasteiger partial charge in [0.15, 0.2) is 5.65 Å². The Bertz CT molecular complexity index is 830. The van der Waals surface area contributed by atoms with Crippen LogP contribution in [0.15, 0.2) is 25.0 Å². The summed E-state index contributed by atoms with van der Waals surface area (Å²) in [4.78, 5) is 37.7. The SMILES string of the molecule is C=CC(=O)N1CC(Nc2cnc3[nH]cc(C(=O)NCC)c3n2)[C@H](CC)C1. The van der Waals surface area contributed by atoms with E-state index in [1.54, 1.807) is 17.3 Å². The summed E-state index contributed by atoms with van der Waals surface area (Å²) >= 11 is 0. The van der Waals surface area contributed by atoms with Crippen LogP contribution in [0.2, 0.25) is 0 Å². The third-order valence-electron chi connectivity index (χ3n) is 4.75. The van der Waals surface area contributed by atoms with Gasteiger partial charge in [0.25, 0.3) is 5.91 Å². The first-order valence-corrected chi connectivity index (χ1v) is 8.87. The molecule has 1 aliphatic rings. The number of anilines is 1. The van der Waals surface area contributed by atoms with Gasteiger partial charge in [-0.2, -0.15) is 0 Å². The second kappa shape index (κ2) is 7.55. The molecular weight excluding hydrogens is 332 g/mol. The number of hydrogen-bond acceptors (Lipinski definition) is 5. The Morgan fingerprint density at radius 3 is 2.92 bits per heavy atom. The molecule has 1 unspecified atom stereocenters. The highest BCUT2D eigenvalue weighted by Gasteiger charge is 2.33. The normalized spacial score (nSPS) is 19.5. The third kappa shape index (κ3) is 3.40. The number of rotatable bonds is 6. The molecule has 3 rings (SSSR count). The smallest absolute Gasteiger partial charge is 0.255 e. The van der Waals surface area contributed by atoms with Crippen molar-refractivity contribution in [3.63, 3.8) is 0 Å². The molecule has 0 aliphatic carbocycles. The van der Waals surface area contributed by atoms with E-state index in [0.29, 0.717) is 48.1 Å². The van der Waals surface area contributed by atoms with Crippen molar-refractivity contribution in [2.24, 2.45) is 5.92 Å². The quantitative estimate of drug-likeness (QED) is 0.681. The minimum absolute atomic E-state index is 0.0570. The molecule has 0 bridgehead atoms. The number of amides is 2. The molecule has 26 heavy (non-hydrogen) atoms. The number of H-pyrrole nitrogens is 1. The Morgan fingerprint density at radius 1 is 1.42 bits per heavy atom. The van der Waals surface area contributed by atoms with E-state index < -0.39 is 0 Å². The van der Waals surface area contributed by atoms with Crippen molar-refractivity contribution < 1.29 is 9.59 Å². The van der Waals surface area contributed by atoms with Gasteiger partial charge < -0.3 is 20.5 Å². The number of carbonyl (C=O) groups excluding carboxylic acids is 2. The van der Waals surface area contributed by atoms with Crippen LogP contribution in [0.25, 0.3) is 11.2 Å². The molecule has 0 aromatic carbocycles. The van der Waals surface area contributed by atoms with Gasteiger partial charge in [-0.15, -0.1) is 0 Å². The van der Waals surface area contributed by atoms with Crippen molar-refractivity contribution in [2.75, 3.05) is 25.0 Å². The fraction of sp³-hybridized carbons (Fsp3) is 0.444. The maximum atomic E-state index is 12.2. The van der Waals surface area contributed by atoms with Crippen molar-refractivity contribution in [2.45, 2.75) is 26.3 Å². The van der Waals surface area contributed by atoms with Crippen LogP contribution in [0.3, 0.4) is 0 Å². The summed E-state index contributed by atoms with van der Waals surface area (Å²) in [5.41, 5.74) is 1.57. The molecule has 2 aromatic heterocycles. The van der Waals surface area contributed by atoms with Gasteiger partial charge in [0.05, 0.1) is 11.8 Å². The topological polar surface area (TPSA) is 103 Å². The summed E-state index contributed by atoms with van der Waals surface area (Å²) in [6, 6.07) is 0.0857. The van der Waals surface area contributed by atoms with Crippen molar-refractivity contribution in [3.05, 3.63) is 30.6 Å². The second-order valence-electron chi connectivity index (χ2n) is 6.38. The monoisotopic (exact) mass is 356 g/mol. The number of nitrogens with one attached hydrogen (secondary N) is 3. The third-order valence-corrected chi connectivity index (χ3v) is 4.75. The fourth-order valence-electron chi connectivity index (χ4n) is 3.34. The zero-order chi connectivity index (χ0) is 18.7. The molecule has 2 aromatic rings. The number of aromatic amines is 1. The van der Waals surface area contributed by atoms with E-state index in [4.69, 9.17) is 0 Å². The highest BCUT2D eigenvalue weighted by molar-refractivity contribution is 6.04. The molecule has 1 aliphatic heterocycles. The Hall–Kier alpha value is -2.90. The number of carbonyl (C=O) groups is 2. The molecule has 3 heterocycles. The molecule has 8 nitrogen and oxygen atoms in total. The van der Waals surface area contributed by atoms with Crippen LogP contribution in [-0.4, -0.2) is 57.3 Å². The molecule has 2 atom stereocenters. The van der Waals surface area contributed by atoms with E-state index in [1.807, 2.05) is 6.92 Å². The van der Waals surface area contributed by atoms with Crippen LogP contribution in [0.1, 0.15) is 30.6 Å². The maximum absolute atomic E-state index is 12.2. The molecule has 3 N–H and O–H groups in total. The molecule has 0 radical (unpaired) electrons. The lowest BCUT2D eigenvalue weighted by Crippen LogP contribution is -2.31. The van der Waals surface area contributed by atoms with Gasteiger partial charge in [-0.05, 0) is 25.3 Å². The molecule has 1 fully saturated rings. The van der Waals surface area contributed by atoms with Crippen molar-refractivity contribution >= 4 is 28.8 Å². The van der Waals surface area contributed by atoms with E-state index in [2.05, 4.69) is 39.1 Å². The van der Waals surface area contributed by atoms with Crippen LogP contribution in [0.4, 0.5) is 5.82 Å². The van der Waals surface area contributed by atoms with Gasteiger partial charge in [0.1, 0.15) is 11.3 Å². The molecule has 138 valence electrons. The average molecular weight is 356 g/mol. The first-order valence-electron chi connectivity index (χ1n) is 8.87. The van der Waals surface area contributed by atoms with Crippen LogP contribution < -0.4 is 10.6 Å². The van der Waals surface area contributed by atoms with Gasteiger partial charge in [-0.25, -0.2) is 9.97 Å². The summed E-state index contributed by atoms with van der Waals surface area (Å²) in [6.07, 6.45) is 5.56. The van der Waals surface area contributed by atoms with E-state index in [-0.39, 0.29) is 17.9 Å². The standard InChI is InChI=1S/C18H24N6O2/c1-4-11-9-24(15(25)5-2)10-13(11)22-14-8-21-17-16(23-14)12(7-20-17)18(26)19-6-3/h5,7-8,11,13H,2,4,6,9-10H2,1,3H3,(H,19,26)(H,20,21)(H,22,23)/t11-,13?/m1/s1. The van der Waals surface area contributed by atoms with Crippen LogP contribution in [-0.2, 0) is 4.79 Å². The maximum Gasteiger partial charge on any atom is 0.255 e. The fourth-order valence-corrected chi connectivity index (χ4v) is 3.34. The molecular formula is C18H24N6O2. The van der Waals surface area contributed by atoms with Crippen LogP contribution >= 0.6 is 0 Å². The Kier molecular flexibility index (Phi) is 5.20. The first-order chi connectivity index (χ1) is 12.6. The van der Waals surface area contributed by atoms with Crippen molar-refractivity contribution in [1.82, 2.24) is 25.2 Å². The number of nitrogens with zero attached hydrogens (tertiary/aromatic N) is 3. The van der Waals surface area contributed by atoms with Gasteiger partial charge in [-0.1, -0.05) is 13.5 Å². The number of fused-ring (bicyclic) bond motifs is 1. The molecule has 2 amide bonds. The van der Waals surface area contributed by atoms with Crippen LogP contribution in [0, 0.1) is 5.92 Å². The summed E-state index contributed by atoms with van der Waals surface area (Å²) in [5.74, 6) is 0.684. The van der Waals surface area contributed by atoms with Gasteiger partial charge >= 0.3 is 0 Å².